The van der Waals surface area contributed by atoms with E-state index in [1.165, 1.54) is 20.2 Å². The van der Waals surface area contributed by atoms with Crippen LogP contribution in [0.1, 0.15) is 6.92 Å². The molecule has 0 aromatic carbocycles. The molecule has 0 aliphatic rings. The summed E-state index contributed by atoms with van der Waals surface area (Å²) in [5.74, 6) is -0.737. The molecule has 0 spiro atoms. The third-order valence-electron chi connectivity index (χ3n) is 1.35. The van der Waals surface area contributed by atoms with Gasteiger partial charge in [0.2, 0.25) is 11.8 Å². The van der Waals surface area contributed by atoms with Crippen LogP contribution in [0.25, 0.3) is 0 Å². The highest BCUT2D eigenvalue weighted by Gasteiger charge is 2.05. The predicted molar refractivity (Wildman–Crippen MR) is 45.1 cm³/mol. The van der Waals surface area contributed by atoms with E-state index in [0.717, 1.165) is 6.07 Å². The van der Waals surface area contributed by atoms with Crippen LogP contribution >= 0.6 is 0 Å². The summed E-state index contributed by atoms with van der Waals surface area (Å²) in [7, 11) is 1.39. The van der Waals surface area contributed by atoms with E-state index in [2.05, 4.69) is 10.3 Å². The average molecular weight is 184 g/mol. The molecule has 1 N–H and O–H groups in total. The van der Waals surface area contributed by atoms with Gasteiger partial charge in [0.05, 0.1) is 19.0 Å². The smallest absolute Gasteiger partial charge is 0.221 e. The molecule has 0 atom stereocenters. The number of pyridine rings is 1. The first kappa shape index (κ1) is 9.44. The highest BCUT2D eigenvalue weighted by Crippen LogP contribution is 2.16. The fourth-order valence-corrected chi connectivity index (χ4v) is 0.807. The molecule has 0 bridgehead atoms. The van der Waals surface area contributed by atoms with E-state index in [1.807, 2.05) is 0 Å². The second-order valence-electron chi connectivity index (χ2n) is 2.39. The lowest BCUT2D eigenvalue weighted by Gasteiger charge is -2.04. The van der Waals surface area contributed by atoms with Crippen molar-refractivity contribution in [1.29, 1.82) is 0 Å². The van der Waals surface area contributed by atoms with E-state index in [9.17, 15) is 9.18 Å². The largest absolute Gasteiger partial charge is 0.481 e. The monoisotopic (exact) mass is 184 g/mol. The number of nitrogens with one attached hydrogen (secondary N) is 1. The first-order valence-electron chi connectivity index (χ1n) is 3.60. The molecule has 1 aromatic heterocycles. The molecule has 1 rings (SSSR count). The lowest BCUT2D eigenvalue weighted by atomic mass is 10.4. The molecule has 4 nitrogen and oxygen atoms in total. The number of carbonyl (C=O) groups is 1. The standard InChI is InChI=1S/C8H9FN2O2/c1-5(12)11-7-4-10-8(13-2)3-6(7)9/h3-4H,1-2H3,(H,11,12). The summed E-state index contributed by atoms with van der Waals surface area (Å²) in [6, 6.07) is 1.10. The van der Waals surface area contributed by atoms with Gasteiger partial charge < -0.3 is 10.1 Å². The summed E-state index contributed by atoms with van der Waals surface area (Å²) in [6.45, 7) is 1.30. The molecule has 0 saturated heterocycles. The molecule has 0 aliphatic heterocycles. The summed E-state index contributed by atoms with van der Waals surface area (Å²) in [4.78, 5) is 14.3. The summed E-state index contributed by atoms with van der Waals surface area (Å²) in [6.07, 6.45) is 1.20. The van der Waals surface area contributed by atoms with E-state index in [0.29, 0.717) is 0 Å². The number of halogens is 1. The molecule has 0 radical (unpaired) electrons. The van der Waals surface area contributed by atoms with Crippen molar-refractivity contribution < 1.29 is 13.9 Å². The molecule has 1 amide bonds. The van der Waals surface area contributed by atoms with Crippen molar-refractivity contribution in [3.63, 3.8) is 0 Å². The number of nitrogens with zero attached hydrogens (tertiary/aromatic N) is 1. The second-order valence-corrected chi connectivity index (χ2v) is 2.39. The summed E-state index contributed by atoms with van der Waals surface area (Å²) < 4.78 is 17.8. The lowest BCUT2D eigenvalue weighted by molar-refractivity contribution is -0.114. The molecule has 13 heavy (non-hydrogen) atoms. The molecule has 0 unspecified atom stereocenters. The number of hydrogen-bond acceptors (Lipinski definition) is 3. The van der Waals surface area contributed by atoms with Crippen molar-refractivity contribution in [3.8, 4) is 5.88 Å². The number of amides is 1. The molecule has 70 valence electrons. The van der Waals surface area contributed by atoms with Crippen LogP contribution in [-0.4, -0.2) is 18.0 Å². The maximum absolute atomic E-state index is 13.1. The minimum absolute atomic E-state index is 0.0494. The molecular formula is C8H9FN2O2. The minimum Gasteiger partial charge on any atom is -0.481 e. The van der Waals surface area contributed by atoms with Crippen LogP contribution in [0.15, 0.2) is 12.3 Å². The van der Waals surface area contributed by atoms with Crippen molar-refractivity contribution in [2.24, 2.45) is 0 Å². The van der Waals surface area contributed by atoms with Crippen LogP contribution in [0.3, 0.4) is 0 Å². The van der Waals surface area contributed by atoms with Crippen molar-refractivity contribution in [2.75, 3.05) is 12.4 Å². The summed E-state index contributed by atoms with van der Waals surface area (Å²) in [5.41, 5.74) is 0.0494. The van der Waals surface area contributed by atoms with Crippen LogP contribution in [0.4, 0.5) is 10.1 Å². The van der Waals surface area contributed by atoms with E-state index >= 15 is 0 Å². The minimum atomic E-state index is -0.568. The van der Waals surface area contributed by atoms with E-state index in [1.54, 1.807) is 0 Å². The van der Waals surface area contributed by atoms with Gasteiger partial charge in [0.15, 0.2) is 5.82 Å². The Balaban J connectivity index is 2.91. The van der Waals surface area contributed by atoms with Gasteiger partial charge in [0.25, 0.3) is 0 Å². The number of hydrogen-bond donors (Lipinski definition) is 1. The molecule has 1 aromatic rings. The first-order valence-corrected chi connectivity index (χ1v) is 3.60. The van der Waals surface area contributed by atoms with Gasteiger partial charge in [0, 0.05) is 13.0 Å². The highest BCUT2D eigenvalue weighted by atomic mass is 19.1. The number of carbonyl (C=O) groups excluding carboxylic acids is 1. The maximum atomic E-state index is 13.1. The Kier molecular flexibility index (Phi) is 2.79. The number of methoxy groups -OCH3 is 1. The maximum Gasteiger partial charge on any atom is 0.221 e. The second kappa shape index (κ2) is 3.84. The van der Waals surface area contributed by atoms with Gasteiger partial charge in [-0.25, -0.2) is 9.37 Å². The van der Waals surface area contributed by atoms with Crippen LogP contribution in [0.2, 0.25) is 0 Å². The Morgan fingerprint density at radius 2 is 2.38 bits per heavy atom. The fraction of sp³-hybridized carbons (Fsp3) is 0.250. The van der Waals surface area contributed by atoms with Gasteiger partial charge in [-0.15, -0.1) is 0 Å². The van der Waals surface area contributed by atoms with Gasteiger partial charge >= 0.3 is 0 Å². The normalized spacial score (nSPS) is 9.46. The molecule has 0 saturated carbocycles. The third kappa shape index (κ3) is 2.40. The first-order chi connectivity index (χ1) is 6.13. The topological polar surface area (TPSA) is 51.2 Å². The zero-order valence-electron chi connectivity index (χ0n) is 7.30. The third-order valence-corrected chi connectivity index (χ3v) is 1.35. The van der Waals surface area contributed by atoms with Gasteiger partial charge in [-0.2, -0.15) is 0 Å². The van der Waals surface area contributed by atoms with Gasteiger partial charge in [-0.05, 0) is 0 Å². The number of rotatable bonds is 2. The Morgan fingerprint density at radius 3 is 2.85 bits per heavy atom. The van der Waals surface area contributed by atoms with Crippen LogP contribution in [-0.2, 0) is 4.79 Å². The Bertz CT molecular complexity index is 328. The Labute approximate surface area is 74.7 Å². The van der Waals surface area contributed by atoms with Crippen molar-refractivity contribution in [3.05, 3.63) is 18.1 Å². The average Bonchev–Trinajstić information content (AvgIpc) is 2.08. The van der Waals surface area contributed by atoms with Crippen LogP contribution in [0.5, 0.6) is 5.88 Å². The molecular weight excluding hydrogens is 175 g/mol. The van der Waals surface area contributed by atoms with Gasteiger partial charge in [-0.1, -0.05) is 0 Å². The van der Waals surface area contributed by atoms with Crippen molar-refractivity contribution in [2.45, 2.75) is 6.92 Å². The van der Waals surface area contributed by atoms with E-state index in [-0.39, 0.29) is 17.5 Å². The summed E-state index contributed by atoms with van der Waals surface area (Å²) in [5, 5.41) is 2.29. The molecule has 1 heterocycles. The molecule has 0 fully saturated rings. The highest BCUT2D eigenvalue weighted by molar-refractivity contribution is 5.88. The van der Waals surface area contributed by atoms with Crippen LogP contribution in [0, 0.1) is 5.82 Å². The quantitative estimate of drug-likeness (QED) is 0.751. The molecule has 5 heteroatoms. The van der Waals surface area contributed by atoms with E-state index < -0.39 is 5.82 Å². The number of aromatic nitrogens is 1. The van der Waals surface area contributed by atoms with Crippen molar-refractivity contribution >= 4 is 11.6 Å². The number of ether oxygens (including phenoxy) is 1. The van der Waals surface area contributed by atoms with Crippen molar-refractivity contribution in [1.82, 2.24) is 4.98 Å². The predicted octanol–water partition coefficient (Wildman–Crippen LogP) is 1.19. The van der Waals surface area contributed by atoms with E-state index in [4.69, 9.17) is 4.74 Å². The zero-order valence-corrected chi connectivity index (χ0v) is 7.30. The van der Waals surface area contributed by atoms with Gasteiger partial charge in [0.1, 0.15) is 0 Å². The Hall–Kier alpha value is -1.65. The number of anilines is 1. The molecule has 0 aliphatic carbocycles. The zero-order chi connectivity index (χ0) is 9.84. The lowest BCUT2D eigenvalue weighted by Crippen LogP contribution is -2.08. The summed E-state index contributed by atoms with van der Waals surface area (Å²) >= 11 is 0. The SMILES string of the molecule is COc1cc(F)c(NC(C)=O)cn1. The Morgan fingerprint density at radius 1 is 1.69 bits per heavy atom. The van der Waals surface area contributed by atoms with Gasteiger partial charge in [-0.3, -0.25) is 4.79 Å². The van der Waals surface area contributed by atoms with Crippen LogP contribution < -0.4 is 10.1 Å². The fourth-order valence-electron chi connectivity index (χ4n) is 0.807.